The average Bonchev–Trinajstić information content (AvgIpc) is 2.33. The van der Waals surface area contributed by atoms with Gasteiger partial charge in [0, 0.05) is 0 Å². The van der Waals surface area contributed by atoms with Crippen molar-refractivity contribution in [2.75, 3.05) is 11.0 Å². The van der Waals surface area contributed by atoms with E-state index in [2.05, 4.69) is 23.9 Å². The standard InChI is InChI=1S/C15H28I2NO3/c1-12(19)6-8-15(4,5)21-11-9-14(2,3)18-13(20)7-10-17-16/h6-11H2,1-5H3,(H,18,20)/q-1. The summed E-state index contributed by atoms with van der Waals surface area (Å²) < 4.78 is 6.90. The Labute approximate surface area is 149 Å². The van der Waals surface area contributed by atoms with Gasteiger partial charge in [-0.15, -0.1) is 0 Å². The fourth-order valence-electron chi connectivity index (χ4n) is 1.76. The van der Waals surface area contributed by atoms with E-state index in [-0.39, 0.29) is 40.1 Å². The first kappa shape index (κ1) is 21.6. The molecule has 6 heteroatoms. The molecule has 1 N–H and O–H groups in total. The Morgan fingerprint density at radius 1 is 1.14 bits per heavy atom. The van der Waals surface area contributed by atoms with Crippen LogP contribution >= 0.6 is 18.6 Å². The van der Waals surface area contributed by atoms with E-state index in [1.165, 1.54) is 0 Å². The molecule has 0 saturated carbocycles. The van der Waals surface area contributed by atoms with Crippen molar-refractivity contribution in [3.63, 3.8) is 0 Å². The first-order valence-corrected chi connectivity index (χ1v) is 15.0. The normalized spacial score (nSPS) is 12.5. The van der Waals surface area contributed by atoms with Crippen LogP contribution in [0.3, 0.4) is 0 Å². The van der Waals surface area contributed by atoms with E-state index in [9.17, 15) is 9.59 Å². The predicted molar refractivity (Wildman–Crippen MR) is 90.3 cm³/mol. The first-order valence-electron chi connectivity index (χ1n) is 7.23. The molecule has 0 aliphatic carbocycles. The Bertz CT molecular complexity index is 344. The van der Waals surface area contributed by atoms with Crippen LogP contribution in [0.1, 0.15) is 60.3 Å². The predicted octanol–water partition coefficient (Wildman–Crippen LogP) is 0.265. The number of nitrogens with one attached hydrogen (secondary N) is 1. The summed E-state index contributed by atoms with van der Waals surface area (Å²) in [4.78, 5) is 22.8. The SMILES string of the molecule is CC(=O)CCC(C)(C)OCCC(C)(C)NC(=O)CC[I-]I. The van der Waals surface area contributed by atoms with E-state index >= 15 is 0 Å². The minimum absolute atomic E-state index is 0.132. The summed E-state index contributed by atoms with van der Waals surface area (Å²) in [6, 6.07) is 0. The van der Waals surface area contributed by atoms with Gasteiger partial charge in [-0.1, -0.05) is 0 Å². The van der Waals surface area contributed by atoms with Crippen molar-refractivity contribution in [1.29, 1.82) is 0 Å². The van der Waals surface area contributed by atoms with Gasteiger partial charge < -0.3 is 4.79 Å². The van der Waals surface area contributed by atoms with Crippen LogP contribution in [-0.2, 0) is 14.3 Å². The molecule has 4 nitrogen and oxygen atoms in total. The van der Waals surface area contributed by atoms with Crippen LogP contribution in [0.15, 0.2) is 0 Å². The Morgan fingerprint density at radius 3 is 2.29 bits per heavy atom. The molecule has 0 aromatic heterocycles. The Hall–Kier alpha value is 0.560. The minimum atomic E-state index is -0.294. The molecule has 0 spiro atoms. The fraction of sp³-hybridized carbons (Fsp3) is 0.867. The second-order valence-corrected chi connectivity index (χ2v) is 12.1. The molecule has 0 radical (unpaired) electrons. The van der Waals surface area contributed by atoms with Crippen molar-refractivity contribution in [1.82, 2.24) is 5.32 Å². The van der Waals surface area contributed by atoms with Crippen molar-refractivity contribution >= 4 is 30.3 Å². The Balaban J connectivity index is 4.07. The monoisotopic (exact) mass is 524 g/mol. The maximum absolute atomic E-state index is 11.8. The van der Waals surface area contributed by atoms with Crippen LogP contribution < -0.4 is 22.5 Å². The molecule has 0 aliphatic rings. The number of carbonyl (C=O) groups is 2. The van der Waals surface area contributed by atoms with Crippen LogP contribution in [0.2, 0.25) is 0 Å². The van der Waals surface area contributed by atoms with Gasteiger partial charge in [-0.2, -0.15) is 0 Å². The number of hydrogen-bond acceptors (Lipinski definition) is 3. The number of carbonyl (C=O) groups excluding carboxylic acids is 2. The number of ether oxygens (including phenoxy) is 1. The van der Waals surface area contributed by atoms with Gasteiger partial charge in [0.2, 0.25) is 0 Å². The third-order valence-electron chi connectivity index (χ3n) is 3.17. The molecular formula is C15H28I2NO3-. The summed E-state index contributed by atoms with van der Waals surface area (Å²) >= 11 is 2.54. The van der Waals surface area contributed by atoms with Crippen molar-refractivity contribution in [2.24, 2.45) is 0 Å². The third kappa shape index (κ3) is 12.8. The molecule has 0 heterocycles. The fourth-order valence-corrected chi connectivity index (χ4v) is 3.82. The van der Waals surface area contributed by atoms with Crippen LogP contribution in [0.4, 0.5) is 0 Å². The van der Waals surface area contributed by atoms with Gasteiger partial charge in [0.05, 0.1) is 0 Å². The number of ketones is 1. The van der Waals surface area contributed by atoms with Gasteiger partial charge >= 0.3 is 138 Å². The molecule has 0 saturated heterocycles. The topological polar surface area (TPSA) is 55.4 Å². The van der Waals surface area contributed by atoms with Crippen molar-refractivity contribution in [3.8, 4) is 0 Å². The quantitative estimate of drug-likeness (QED) is 0.312. The average molecular weight is 524 g/mol. The summed E-state index contributed by atoms with van der Waals surface area (Å²) in [6.45, 7) is 10.2. The van der Waals surface area contributed by atoms with E-state index in [1.807, 2.05) is 27.7 Å². The Morgan fingerprint density at radius 2 is 1.76 bits per heavy atom. The maximum atomic E-state index is 11.8. The number of halogens is 2. The zero-order valence-electron chi connectivity index (χ0n) is 13.7. The molecule has 126 valence electrons. The van der Waals surface area contributed by atoms with Gasteiger partial charge in [-0.3, -0.25) is 0 Å². The van der Waals surface area contributed by atoms with Crippen LogP contribution in [-0.4, -0.2) is 33.9 Å². The second kappa shape index (κ2) is 10.4. The first-order chi connectivity index (χ1) is 9.58. The van der Waals surface area contributed by atoms with Gasteiger partial charge in [-0.25, -0.2) is 0 Å². The van der Waals surface area contributed by atoms with Gasteiger partial charge in [0.15, 0.2) is 0 Å². The zero-order chi connectivity index (χ0) is 16.5. The zero-order valence-corrected chi connectivity index (χ0v) is 18.0. The molecule has 1 amide bonds. The molecule has 0 fully saturated rings. The molecule has 0 aliphatic heterocycles. The van der Waals surface area contributed by atoms with E-state index in [4.69, 9.17) is 4.74 Å². The number of Topliss-reactive ketones (excluding diaryl/α,β-unsaturated/α-hetero) is 1. The number of alkyl halides is 1. The number of amides is 1. The van der Waals surface area contributed by atoms with E-state index < -0.39 is 0 Å². The van der Waals surface area contributed by atoms with E-state index in [0.29, 0.717) is 19.4 Å². The summed E-state index contributed by atoms with van der Waals surface area (Å²) in [5, 5.41) is 3.07. The summed E-state index contributed by atoms with van der Waals surface area (Å²) in [7, 11) is 0. The molecule has 0 aromatic carbocycles. The molecule has 0 bridgehead atoms. The van der Waals surface area contributed by atoms with E-state index in [0.717, 1.165) is 17.3 Å². The van der Waals surface area contributed by atoms with Crippen LogP contribution in [0.5, 0.6) is 0 Å². The molecule has 21 heavy (non-hydrogen) atoms. The number of hydrogen-bond donors (Lipinski definition) is 1. The second-order valence-electron chi connectivity index (χ2n) is 6.53. The van der Waals surface area contributed by atoms with E-state index in [1.54, 1.807) is 6.92 Å². The molecule has 0 rings (SSSR count). The molecule has 0 atom stereocenters. The summed E-state index contributed by atoms with van der Waals surface area (Å²) in [6.07, 6.45) is 2.67. The Kier molecular flexibility index (Phi) is 10.6. The number of rotatable bonds is 11. The van der Waals surface area contributed by atoms with Gasteiger partial charge in [-0.05, 0) is 6.92 Å². The van der Waals surface area contributed by atoms with Crippen molar-refractivity contribution in [3.05, 3.63) is 0 Å². The summed E-state index contributed by atoms with van der Waals surface area (Å²) in [5.41, 5.74) is -0.547. The molecule has 0 aromatic rings. The van der Waals surface area contributed by atoms with Crippen molar-refractivity contribution in [2.45, 2.75) is 71.4 Å². The molecular weight excluding hydrogens is 496 g/mol. The van der Waals surface area contributed by atoms with Crippen LogP contribution in [0, 0.1) is 0 Å². The van der Waals surface area contributed by atoms with Crippen molar-refractivity contribution < 1.29 is 31.6 Å². The van der Waals surface area contributed by atoms with Crippen LogP contribution in [0.25, 0.3) is 0 Å². The molecule has 0 unspecified atom stereocenters. The third-order valence-corrected chi connectivity index (χ3v) is 6.85. The van der Waals surface area contributed by atoms with Gasteiger partial charge in [0.1, 0.15) is 0 Å². The van der Waals surface area contributed by atoms with Gasteiger partial charge in [0.25, 0.3) is 0 Å². The summed E-state index contributed by atoms with van der Waals surface area (Å²) in [5.74, 6) is 0.324.